The van der Waals surface area contributed by atoms with Crippen LogP contribution in [0.25, 0.3) is 0 Å². The maximum atomic E-state index is 11.9. The predicted molar refractivity (Wildman–Crippen MR) is 95.1 cm³/mol. The lowest BCUT2D eigenvalue weighted by molar-refractivity contribution is -0.117. The summed E-state index contributed by atoms with van der Waals surface area (Å²) in [5, 5.41) is 5.11. The van der Waals surface area contributed by atoms with E-state index in [0.29, 0.717) is 11.3 Å². The molecule has 1 aromatic heterocycles. The molecule has 0 saturated carbocycles. The highest BCUT2D eigenvalue weighted by Crippen LogP contribution is 2.18. The van der Waals surface area contributed by atoms with Crippen LogP contribution in [0.1, 0.15) is 32.0 Å². The minimum atomic E-state index is -0.782. The molecule has 1 aromatic rings. The van der Waals surface area contributed by atoms with Gasteiger partial charge in [0, 0.05) is 25.7 Å². The molecule has 1 rings (SSSR count). The lowest BCUT2D eigenvalue weighted by atomic mass is 9.96. The molecule has 0 radical (unpaired) electrons. The largest absolute Gasteiger partial charge is 0.366 e. The van der Waals surface area contributed by atoms with Gasteiger partial charge in [-0.05, 0) is 24.1 Å². The van der Waals surface area contributed by atoms with E-state index in [2.05, 4.69) is 28.8 Å². The highest BCUT2D eigenvalue weighted by Gasteiger charge is 2.21. The summed E-state index contributed by atoms with van der Waals surface area (Å²) in [6.45, 7) is 7.01. The third-order valence-corrected chi connectivity index (χ3v) is 3.48. The zero-order valence-corrected chi connectivity index (χ0v) is 14.2. The normalized spacial score (nSPS) is 9.85. The predicted octanol–water partition coefficient (Wildman–Crippen LogP) is -1.03. The topological polar surface area (TPSA) is 157 Å². The van der Waals surface area contributed by atoms with Gasteiger partial charge in [0.05, 0.1) is 16.8 Å². The first-order valence-corrected chi connectivity index (χ1v) is 7.72. The van der Waals surface area contributed by atoms with Crippen LogP contribution in [0.15, 0.2) is 31.5 Å². The number of rotatable bonds is 10. The van der Waals surface area contributed by atoms with E-state index in [1.54, 1.807) is 0 Å². The Bertz CT molecular complexity index is 758. The number of aromatic nitrogens is 1. The van der Waals surface area contributed by atoms with Gasteiger partial charge < -0.3 is 22.1 Å². The number of carbonyl (C=O) groups excluding carboxylic acids is 4. The third kappa shape index (κ3) is 5.55. The first-order chi connectivity index (χ1) is 12.3. The van der Waals surface area contributed by atoms with Gasteiger partial charge in [0.25, 0.3) is 11.8 Å². The van der Waals surface area contributed by atoms with Crippen molar-refractivity contribution in [2.75, 3.05) is 13.1 Å². The van der Waals surface area contributed by atoms with E-state index in [9.17, 15) is 19.2 Å². The Morgan fingerprint density at radius 2 is 1.50 bits per heavy atom. The van der Waals surface area contributed by atoms with Crippen LogP contribution in [-0.2, 0) is 22.4 Å². The molecule has 0 spiro atoms. The number of amides is 4. The second-order valence-electron chi connectivity index (χ2n) is 5.19. The summed E-state index contributed by atoms with van der Waals surface area (Å²) in [5.41, 5.74) is 11.5. The van der Waals surface area contributed by atoms with Crippen molar-refractivity contribution < 1.29 is 19.2 Å². The van der Waals surface area contributed by atoms with Crippen LogP contribution < -0.4 is 22.1 Å². The average molecular weight is 359 g/mol. The molecule has 0 atom stereocenters. The fourth-order valence-corrected chi connectivity index (χ4v) is 2.31. The second-order valence-corrected chi connectivity index (χ2v) is 5.19. The van der Waals surface area contributed by atoms with Crippen molar-refractivity contribution in [2.24, 2.45) is 11.5 Å². The Kier molecular flexibility index (Phi) is 7.68. The van der Waals surface area contributed by atoms with Gasteiger partial charge in [-0.3, -0.25) is 24.2 Å². The maximum Gasteiger partial charge on any atom is 0.250 e. The lowest BCUT2D eigenvalue weighted by Gasteiger charge is -2.15. The van der Waals surface area contributed by atoms with Crippen LogP contribution in [0.2, 0.25) is 0 Å². The first-order valence-electron chi connectivity index (χ1n) is 7.72. The molecule has 9 nitrogen and oxygen atoms in total. The van der Waals surface area contributed by atoms with Gasteiger partial charge in [0.1, 0.15) is 0 Å². The quantitative estimate of drug-likeness (QED) is 0.393. The summed E-state index contributed by atoms with van der Waals surface area (Å²) >= 11 is 0. The molecule has 4 amide bonds. The fourth-order valence-electron chi connectivity index (χ4n) is 2.31. The minimum Gasteiger partial charge on any atom is -0.366 e. The van der Waals surface area contributed by atoms with Gasteiger partial charge in [-0.25, -0.2) is 0 Å². The van der Waals surface area contributed by atoms with Crippen LogP contribution in [-0.4, -0.2) is 41.7 Å². The molecule has 0 aliphatic rings. The third-order valence-electron chi connectivity index (χ3n) is 3.48. The van der Waals surface area contributed by atoms with Gasteiger partial charge in [0.2, 0.25) is 11.8 Å². The highest BCUT2D eigenvalue weighted by molar-refractivity contribution is 6.01. The van der Waals surface area contributed by atoms with Gasteiger partial charge in [-0.1, -0.05) is 13.2 Å². The zero-order chi connectivity index (χ0) is 19.7. The molecule has 138 valence electrons. The molecule has 0 fully saturated rings. The monoisotopic (exact) mass is 359 g/mol. The van der Waals surface area contributed by atoms with E-state index in [1.165, 1.54) is 6.20 Å². The number of nitrogens with one attached hydrogen (secondary N) is 2. The Morgan fingerprint density at radius 3 is 1.96 bits per heavy atom. The average Bonchev–Trinajstić information content (AvgIpc) is 2.60. The van der Waals surface area contributed by atoms with Crippen molar-refractivity contribution in [1.82, 2.24) is 15.6 Å². The fraction of sp³-hybridized carbons (Fsp3) is 0.235. The highest BCUT2D eigenvalue weighted by atomic mass is 16.2. The van der Waals surface area contributed by atoms with Crippen molar-refractivity contribution in [3.63, 3.8) is 0 Å². The Morgan fingerprint density at radius 1 is 0.962 bits per heavy atom. The number of hydrogen-bond donors (Lipinski definition) is 4. The standard InChI is InChI=1S/C17H21N5O4/c1-3-13(23)20-7-5-10-11(16(18)25)9-22-12(15(10)17(19)26)6-8-21-14(24)4-2/h3-4,9H,1-2,5-8H2,(H2,18,25)(H2,19,26)(H,20,23)(H,21,24). The molecular weight excluding hydrogens is 338 g/mol. The number of carbonyl (C=O) groups is 4. The molecular formula is C17H21N5O4. The van der Waals surface area contributed by atoms with E-state index in [0.717, 1.165) is 12.2 Å². The number of primary amides is 2. The lowest BCUT2D eigenvalue weighted by Crippen LogP contribution is -2.29. The summed E-state index contributed by atoms with van der Waals surface area (Å²) < 4.78 is 0. The van der Waals surface area contributed by atoms with E-state index in [-0.39, 0.29) is 43.0 Å². The van der Waals surface area contributed by atoms with Crippen LogP contribution in [0.3, 0.4) is 0 Å². The number of pyridine rings is 1. The molecule has 0 bridgehead atoms. The second kappa shape index (κ2) is 9.72. The summed E-state index contributed by atoms with van der Waals surface area (Å²) in [7, 11) is 0. The Balaban J connectivity index is 3.17. The van der Waals surface area contributed by atoms with Gasteiger partial charge >= 0.3 is 0 Å². The van der Waals surface area contributed by atoms with Crippen LogP contribution >= 0.6 is 0 Å². The molecule has 9 heteroatoms. The summed E-state index contributed by atoms with van der Waals surface area (Å²) in [5.74, 6) is -2.31. The molecule has 0 saturated heterocycles. The Hall–Kier alpha value is -3.49. The molecule has 6 N–H and O–H groups in total. The van der Waals surface area contributed by atoms with E-state index in [1.807, 2.05) is 0 Å². The minimum absolute atomic E-state index is 0.0468. The molecule has 0 unspecified atom stereocenters. The van der Waals surface area contributed by atoms with Crippen LogP contribution in [0, 0.1) is 0 Å². The number of nitrogens with zero attached hydrogens (tertiary/aromatic N) is 1. The molecule has 0 aromatic carbocycles. The van der Waals surface area contributed by atoms with Crippen LogP contribution in [0.5, 0.6) is 0 Å². The molecule has 0 aliphatic carbocycles. The summed E-state index contributed by atoms with van der Waals surface area (Å²) in [4.78, 5) is 50.2. The Labute approximate surface area is 150 Å². The van der Waals surface area contributed by atoms with Crippen molar-refractivity contribution in [2.45, 2.75) is 12.8 Å². The molecule has 0 aliphatic heterocycles. The van der Waals surface area contributed by atoms with Gasteiger partial charge in [-0.2, -0.15) is 0 Å². The smallest absolute Gasteiger partial charge is 0.250 e. The van der Waals surface area contributed by atoms with Crippen LogP contribution in [0.4, 0.5) is 0 Å². The molecule has 1 heterocycles. The van der Waals surface area contributed by atoms with E-state index in [4.69, 9.17) is 11.5 Å². The summed E-state index contributed by atoms with van der Waals surface area (Å²) in [6.07, 6.45) is 3.83. The summed E-state index contributed by atoms with van der Waals surface area (Å²) in [6, 6.07) is 0. The van der Waals surface area contributed by atoms with Gasteiger partial charge in [0.15, 0.2) is 0 Å². The van der Waals surface area contributed by atoms with Crippen molar-refractivity contribution in [3.8, 4) is 0 Å². The molecule has 26 heavy (non-hydrogen) atoms. The number of hydrogen-bond acceptors (Lipinski definition) is 5. The van der Waals surface area contributed by atoms with E-state index < -0.39 is 17.7 Å². The van der Waals surface area contributed by atoms with Gasteiger partial charge in [-0.15, -0.1) is 0 Å². The maximum absolute atomic E-state index is 11.9. The zero-order valence-electron chi connectivity index (χ0n) is 14.2. The van der Waals surface area contributed by atoms with E-state index >= 15 is 0 Å². The van der Waals surface area contributed by atoms with Crippen molar-refractivity contribution in [3.05, 3.63) is 53.9 Å². The SMILES string of the molecule is C=CC(=O)NCCc1ncc(C(N)=O)c(CCNC(=O)C=C)c1C(N)=O. The number of nitrogens with two attached hydrogens (primary N) is 2. The first kappa shape index (κ1) is 20.6. The van der Waals surface area contributed by atoms with Crippen molar-refractivity contribution >= 4 is 23.6 Å². The van der Waals surface area contributed by atoms with Crippen molar-refractivity contribution in [1.29, 1.82) is 0 Å².